The molecular formula is C26H22N2O5. The molecule has 7 nitrogen and oxygen atoms in total. The molecule has 0 atom stereocenters. The van der Waals surface area contributed by atoms with Crippen molar-refractivity contribution < 1.29 is 23.8 Å². The predicted molar refractivity (Wildman–Crippen MR) is 124 cm³/mol. The number of nitrogens with one attached hydrogen (secondary N) is 1. The van der Waals surface area contributed by atoms with Crippen LogP contribution in [0.15, 0.2) is 72.4 Å². The van der Waals surface area contributed by atoms with Gasteiger partial charge in [-0.15, -0.1) is 0 Å². The van der Waals surface area contributed by atoms with Gasteiger partial charge >= 0.3 is 0 Å². The number of aryl methyl sites for hydroxylation is 1. The summed E-state index contributed by atoms with van der Waals surface area (Å²) in [6.07, 6.45) is 0.865. The van der Waals surface area contributed by atoms with Crippen molar-refractivity contribution in [3.05, 3.63) is 83.6 Å². The third kappa shape index (κ3) is 3.57. The molecule has 33 heavy (non-hydrogen) atoms. The molecule has 2 aliphatic rings. The first kappa shape index (κ1) is 20.6. The molecule has 1 N–H and O–H groups in total. The SMILES string of the molecule is CCc1ccc(N2C(=O)C(Nc3ccc4c(c3)OCO4)=C(c3ccccc3OC)C2=O)cc1. The summed E-state index contributed by atoms with van der Waals surface area (Å²) >= 11 is 0. The van der Waals surface area contributed by atoms with Crippen LogP contribution in [0, 0.1) is 0 Å². The Balaban J connectivity index is 1.60. The number of carbonyl (C=O) groups excluding carboxylic acids is 2. The summed E-state index contributed by atoms with van der Waals surface area (Å²) in [5.41, 5.74) is 3.18. The van der Waals surface area contributed by atoms with Crippen molar-refractivity contribution in [2.24, 2.45) is 0 Å². The van der Waals surface area contributed by atoms with E-state index < -0.39 is 11.8 Å². The van der Waals surface area contributed by atoms with Crippen LogP contribution >= 0.6 is 0 Å². The fourth-order valence-electron chi connectivity index (χ4n) is 3.98. The van der Waals surface area contributed by atoms with E-state index >= 15 is 0 Å². The number of anilines is 2. The van der Waals surface area contributed by atoms with Gasteiger partial charge in [0.1, 0.15) is 11.4 Å². The lowest BCUT2D eigenvalue weighted by atomic mass is 10.0. The molecule has 7 heteroatoms. The van der Waals surface area contributed by atoms with Crippen LogP contribution in [0.2, 0.25) is 0 Å². The van der Waals surface area contributed by atoms with Gasteiger partial charge < -0.3 is 19.5 Å². The zero-order valence-corrected chi connectivity index (χ0v) is 18.3. The number of hydrogen-bond donors (Lipinski definition) is 1. The predicted octanol–water partition coefficient (Wildman–Crippen LogP) is 4.38. The van der Waals surface area contributed by atoms with Crippen molar-refractivity contribution in [1.82, 2.24) is 0 Å². The first-order valence-corrected chi connectivity index (χ1v) is 10.6. The van der Waals surface area contributed by atoms with Crippen molar-refractivity contribution in [1.29, 1.82) is 0 Å². The highest BCUT2D eigenvalue weighted by molar-refractivity contribution is 6.46. The summed E-state index contributed by atoms with van der Waals surface area (Å²) in [6.45, 7) is 2.20. The zero-order chi connectivity index (χ0) is 22.9. The van der Waals surface area contributed by atoms with Crippen LogP contribution < -0.4 is 24.4 Å². The van der Waals surface area contributed by atoms with E-state index in [4.69, 9.17) is 14.2 Å². The fraction of sp³-hybridized carbons (Fsp3) is 0.154. The molecule has 0 aliphatic carbocycles. The van der Waals surface area contributed by atoms with Crippen molar-refractivity contribution in [2.45, 2.75) is 13.3 Å². The van der Waals surface area contributed by atoms with Crippen LogP contribution in [0.25, 0.3) is 5.57 Å². The quantitative estimate of drug-likeness (QED) is 0.571. The Morgan fingerprint density at radius 3 is 2.45 bits per heavy atom. The van der Waals surface area contributed by atoms with Crippen LogP contribution in [0.4, 0.5) is 11.4 Å². The highest BCUT2D eigenvalue weighted by atomic mass is 16.7. The Hall–Kier alpha value is -4.26. The van der Waals surface area contributed by atoms with Gasteiger partial charge in [0.25, 0.3) is 11.8 Å². The number of rotatable bonds is 6. The monoisotopic (exact) mass is 442 g/mol. The Morgan fingerprint density at radius 2 is 1.70 bits per heavy atom. The molecule has 3 aromatic rings. The summed E-state index contributed by atoms with van der Waals surface area (Å²) in [5.74, 6) is 0.843. The number of hydrogen-bond acceptors (Lipinski definition) is 6. The van der Waals surface area contributed by atoms with Crippen molar-refractivity contribution in [2.75, 3.05) is 24.1 Å². The highest BCUT2D eigenvalue weighted by Gasteiger charge is 2.41. The standard InChI is InChI=1S/C26H22N2O5/c1-3-16-8-11-18(12-9-16)28-25(29)23(19-6-4-5-7-20(19)31-2)24(26(28)30)27-17-10-13-21-22(14-17)33-15-32-21/h4-14,27H,3,15H2,1-2H3. The van der Waals surface area contributed by atoms with Crippen LogP contribution in [-0.4, -0.2) is 25.7 Å². The molecule has 0 spiro atoms. The van der Waals surface area contributed by atoms with Gasteiger partial charge in [0.2, 0.25) is 6.79 Å². The van der Waals surface area contributed by atoms with Gasteiger partial charge in [-0.2, -0.15) is 0 Å². The van der Waals surface area contributed by atoms with Gasteiger partial charge in [-0.05, 0) is 42.3 Å². The average Bonchev–Trinajstić information content (AvgIpc) is 3.41. The Bertz CT molecular complexity index is 1280. The van der Waals surface area contributed by atoms with E-state index in [2.05, 4.69) is 12.2 Å². The molecule has 0 fully saturated rings. The largest absolute Gasteiger partial charge is 0.496 e. The van der Waals surface area contributed by atoms with Crippen LogP contribution in [0.3, 0.4) is 0 Å². The van der Waals surface area contributed by atoms with Crippen molar-refractivity contribution in [3.63, 3.8) is 0 Å². The lowest BCUT2D eigenvalue weighted by Crippen LogP contribution is -2.32. The van der Waals surface area contributed by atoms with E-state index in [1.54, 1.807) is 48.5 Å². The minimum Gasteiger partial charge on any atom is -0.496 e. The summed E-state index contributed by atoms with van der Waals surface area (Å²) in [5, 5.41) is 3.15. The van der Waals surface area contributed by atoms with Crippen molar-refractivity contribution >= 4 is 28.8 Å². The normalized spacial score (nSPS) is 14.8. The lowest BCUT2D eigenvalue weighted by Gasteiger charge is -2.16. The molecule has 3 aromatic carbocycles. The van der Waals surface area contributed by atoms with Gasteiger partial charge in [-0.25, -0.2) is 4.90 Å². The van der Waals surface area contributed by atoms with Gasteiger partial charge in [-0.1, -0.05) is 37.3 Å². The summed E-state index contributed by atoms with van der Waals surface area (Å²) in [6, 6.07) is 19.8. The molecule has 0 aromatic heterocycles. The van der Waals surface area contributed by atoms with Crippen molar-refractivity contribution in [3.8, 4) is 17.2 Å². The van der Waals surface area contributed by atoms with E-state index in [1.807, 2.05) is 18.2 Å². The number of para-hydroxylation sites is 1. The van der Waals surface area contributed by atoms with E-state index in [0.717, 1.165) is 12.0 Å². The molecule has 2 amide bonds. The molecule has 5 rings (SSSR count). The fourth-order valence-corrected chi connectivity index (χ4v) is 3.98. The van der Waals surface area contributed by atoms with E-state index in [0.29, 0.717) is 34.2 Å². The molecule has 0 unspecified atom stereocenters. The van der Waals surface area contributed by atoms with Crippen LogP contribution in [0.5, 0.6) is 17.2 Å². The van der Waals surface area contributed by atoms with Crippen LogP contribution in [0.1, 0.15) is 18.1 Å². The Morgan fingerprint density at radius 1 is 0.939 bits per heavy atom. The van der Waals surface area contributed by atoms with Gasteiger partial charge in [0, 0.05) is 17.3 Å². The number of carbonyl (C=O) groups is 2. The summed E-state index contributed by atoms with van der Waals surface area (Å²) in [4.78, 5) is 28.4. The Kier molecular flexibility index (Phi) is 5.22. The smallest absolute Gasteiger partial charge is 0.282 e. The van der Waals surface area contributed by atoms with Crippen LogP contribution in [-0.2, 0) is 16.0 Å². The topological polar surface area (TPSA) is 77.1 Å². The first-order chi connectivity index (χ1) is 16.1. The second-order valence-electron chi connectivity index (χ2n) is 7.61. The van der Waals surface area contributed by atoms with E-state index in [9.17, 15) is 9.59 Å². The number of methoxy groups -OCH3 is 1. The van der Waals surface area contributed by atoms with E-state index in [-0.39, 0.29) is 18.1 Å². The molecule has 0 bridgehead atoms. The van der Waals surface area contributed by atoms with E-state index in [1.165, 1.54) is 12.0 Å². The number of benzene rings is 3. The maximum Gasteiger partial charge on any atom is 0.282 e. The zero-order valence-electron chi connectivity index (χ0n) is 18.3. The molecule has 2 heterocycles. The highest BCUT2D eigenvalue weighted by Crippen LogP contribution is 2.39. The van der Waals surface area contributed by atoms with Gasteiger partial charge in [0.05, 0.1) is 18.4 Å². The molecule has 0 saturated carbocycles. The van der Waals surface area contributed by atoms with Gasteiger partial charge in [0.15, 0.2) is 11.5 Å². The molecule has 0 saturated heterocycles. The number of ether oxygens (including phenoxy) is 3. The first-order valence-electron chi connectivity index (χ1n) is 10.6. The molecule has 2 aliphatic heterocycles. The molecule has 0 radical (unpaired) electrons. The summed E-state index contributed by atoms with van der Waals surface area (Å²) < 4.78 is 16.3. The van der Waals surface area contributed by atoms with Gasteiger partial charge in [-0.3, -0.25) is 9.59 Å². The number of amides is 2. The third-order valence-electron chi connectivity index (χ3n) is 5.70. The maximum absolute atomic E-state index is 13.6. The average molecular weight is 442 g/mol. The molecule has 166 valence electrons. The minimum atomic E-state index is -0.442. The maximum atomic E-state index is 13.6. The second-order valence-corrected chi connectivity index (χ2v) is 7.61. The summed E-state index contributed by atoms with van der Waals surface area (Å²) in [7, 11) is 1.53. The minimum absolute atomic E-state index is 0.146. The number of imide groups is 1. The Labute approximate surface area is 191 Å². The lowest BCUT2D eigenvalue weighted by molar-refractivity contribution is -0.120. The third-order valence-corrected chi connectivity index (χ3v) is 5.70. The number of fused-ring (bicyclic) bond motifs is 1. The molecular weight excluding hydrogens is 420 g/mol. The number of nitrogens with zero attached hydrogens (tertiary/aromatic N) is 1. The second kappa shape index (κ2) is 8.35.